The van der Waals surface area contributed by atoms with E-state index in [4.69, 9.17) is 9.98 Å². The molecular weight excluding hydrogens is 425 g/mol. The molecule has 0 saturated carbocycles. The van der Waals surface area contributed by atoms with E-state index in [0.717, 1.165) is 49.7 Å². The van der Waals surface area contributed by atoms with Crippen LogP contribution < -0.4 is 5.32 Å². The van der Waals surface area contributed by atoms with E-state index in [2.05, 4.69) is 10.2 Å². The molecule has 2 aliphatic rings. The smallest absolute Gasteiger partial charge is 0.234 e. The van der Waals surface area contributed by atoms with Crippen molar-refractivity contribution >= 4 is 34.1 Å². The molecule has 5 nitrogen and oxygen atoms in total. The second kappa shape index (κ2) is 8.84. The number of thioether (sulfide) groups is 1. The van der Waals surface area contributed by atoms with Crippen molar-refractivity contribution in [3.05, 3.63) is 65.5 Å². The maximum Gasteiger partial charge on any atom is 0.234 e. The molecule has 4 rings (SSSR count). The van der Waals surface area contributed by atoms with Crippen molar-refractivity contribution in [2.75, 3.05) is 31.2 Å². The second-order valence-electron chi connectivity index (χ2n) is 7.63. The number of likely N-dealkylation sites (tertiary alicyclic amines) is 1. The van der Waals surface area contributed by atoms with Crippen LogP contribution in [0.15, 0.2) is 52.4 Å². The Morgan fingerprint density at radius 1 is 1.06 bits per heavy atom. The number of hydrogen-bond donors (Lipinski definition) is 1. The number of carbonyl (C=O) groups is 1. The second-order valence-corrected chi connectivity index (χ2v) is 8.60. The third-order valence-electron chi connectivity index (χ3n) is 5.28. The van der Waals surface area contributed by atoms with Gasteiger partial charge in [0.05, 0.1) is 17.2 Å². The molecule has 1 amide bonds. The van der Waals surface area contributed by atoms with Gasteiger partial charge >= 0.3 is 0 Å². The number of piperidine rings is 1. The van der Waals surface area contributed by atoms with Crippen molar-refractivity contribution in [1.82, 2.24) is 4.90 Å². The summed E-state index contributed by atoms with van der Waals surface area (Å²) >= 11 is 1.18. The van der Waals surface area contributed by atoms with Crippen molar-refractivity contribution in [2.45, 2.75) is 18.5 Å². The van der Waals surface area contributed by atoms with E-state index in [0.29, 0.717) is 10.8 Å². The highest BCUT2D eigenvalue weighted by atomic mass is 32.2. The summed E-state index contributed by atoms with van der Waals surface area (Å²) in [5.41, 5.74) is 0.557. The summed E-state index contributed by atoms with van der Waals surface area (Å²) in [6.07, 6.45) is 1.50. The Morgan fingerprint density at radius 2 is 1.74 bits per heavy atom. The van der Waals surface area contributed by atoms with Crippen LogP contribution >= 0.6 is 11.8 Å². The van der Waals surface area contributed by atoms with Gasteiger partial charge in [0.25, 0.3) is 0 Å². The van der Waals surface area contributed by atoms with Crippen LogP contribution in [0, 0.1) is 17.5 Å². The number of aliphatic imine (C=N–C) groups is 2. The predicted octanol–water partition coefficient (Wildman–Crippen LogP) is 4.10. The minimum absolute atomic E-state index is 0.0506. The lowest BCUT2D eigenvalue weighted by atomic mass is 9.99. The summed E-state index contributed by atoms with van der Waals surface area (Å²) in [7, 11) is 2.04. The van der Waals surface area contributed by atoms with Gasteiger partial charge in [0.2, 0.25) is 5.91 Å². The van der Waals surface area contributed by atoms with E-state index in [1.807, 2.05) is 7.05 Å². The summed E-state index contributed by atoms with van der Waals surface area (Å²) < 4.78 is 40.5. The molecule has 1 spiro atoms. The van der Waals surface area contributed by atoms with E-state index in [-0.39, 0.29) is 17.3 Å². The third kappa shape index (κ3) is 4.99. The summed E-state index contributed by atoms with van der Waals surface area (Å²) in [6.45, 7) is 1.70. The maximum atomic E-state index is 13.8. The van der Waals surface area contributed by atoms with E-state index >= 15 is 0 Å². The van der Waals surface area contributed by atoms with Crippen molar-refractivity contribution in [1.29, 1.82) is 0 Å². The van der Waals surface area contributed by atoms with Crippen molar-refractivity contribution in [3.63, 3.8) is 0 Å². The zero-order valence-electron chi connectivity index (χ0n) is 16.9. The minimum Gasteiger partial charge on any atom is -0.323 e. The molecule has 0 atom stereocenters. The maximum absolute atomic E-state index is 13.8. The van der Waals surface area contributed by atoms with Gasteiger partial charge in [0.15, 0.2) is 5.66 Å². The Morgan fingerprint density at radius 3 is 2.45 bits per heavy atom. The zero-order valence-corrected chi connectivity index (χ0v) is 17.7. The third-order valence-corrected chi connectivity index (χ3v) is 6.24. The summed E-state index contributed by atoms with van der Waals surface area (Å²) in [5, 5.41) is 2.98. The quantitative estimate of drug-likeness (QED) is 0.770. The van der Waals surface area contributed by atoms with E-state index < -0.39 is 23.2 Å². The van der Waals surface area contributed by atoms with Gasteiger partial charge in [-0.3, -0.25) is 9.79 Å². The Balaban J connectivity index is 1.51. The van der Waals surface area contributed by atoms with Crippen LogP contribution in [-0.4, -0.2) is 53.1 Å². The number of benzene rings is 2. The number of amides is 1. The topological polar surface area (TPSA) is 57.1 Å². The fraction of sp³-hybridized carbons (Fsp3) is 0.318. The van der Waals surface area contributed by atoms with Crippen LogP contribution in [0.3, 0.4) is 0 Å². The van der Waals surface area contributed by atoms with E-state index in [9.17, 15) is 18.0 Å². The number of hydrogen-bond acceptors (Lipinski definition) is 5. The molecule has 162 valence electrons. The summed E-state index contributed by atoms with van der Waals surface area (Å²) in [4.78, 5) is 24.3. The molecule has 0 aliphatic carbocycles. The van der Waals surface area contributed by atoms with Crippen LogP contribution in [0.5, 0.6) is 0 Å². The Hall–Kier alpha value is -2.65. The van der Waals surface area contributed by atoms with Gasteiger partial charge in [-0.15, -0.1) is 0 Å². The predicted molar refractivity (Wildman–Crippen MR) is 117 cm³/mol. The fourth-order valence-corrected chi connectivity index (χ4v) is 4.41. The molecule has 0 aromatic heterocycles. The van der Waals surface area contributed by atoms with Gasteiger partial charge in [-0.25, -0.2) is 18.2 Å². The molecule has 9 heteroatoms. The number of anilines is 1. The van der Waals surface area contributed by atoms with Crippen molar-refractivity contribution in [3.8, 4) is 0 Å². The van der Waals surface area contributed by atoms with Gasteiger partial charge < -0.3 is 10.2 Å². The number of nitrogens with one attached hydrogen (secondary N) is 1. The molecule has 2 heterocycles. The summed E-state index contributed by atoms with van der Waals surface area (Å²) in [6, 6.07) is 8.88. The zero-order chi connectivity index (χ0) is 22.0. The van der Waals surface area contributed by atoms with Crippen LogP contribution in [-0.2, 0) is 4.79 Å². The number of nitrogens with zero attached hydrogens (tertiary/aromatic N) is 3. The average molecular weight is 446 g/mol. The van der Waals surface area contributed by atoms with E-state index in [1.54, 1.807) is 12.1 Å². The van der Waals surface area contributed by atoms with Crippen LogP contribution in [0.1, 0.15) is 18.4 Å². The first-order valence-electron chi connectivity index (χ1n) is 9.86. The van der Waals surface area contributed by atoms with Crippen molar-refractivity contribution < 1.29 is 18.0 Å². The standard InChI is InChI=1S/C22H21F3N4OS/c1-29-10-8-22(9-11-29)27-20(14-2-4-15(23)5-3-14)21(28-22)31-13-19(30)26-18-12-16(24)6-7-17(18)25/h2-7,12H,8-11,13H2,1H3,(H,26,30). The lowest BCUT2D eigenvalue weighted by Crippen LogP contribution is -2.39. The SMILES string of the molecule is CN1CCC2(CC1)N=C(SCC(=O)Nc1cc(F)ccc1F)C(c1ccc(F)cc1)=N2. The molecule has 2 aromatic carbocycles. The minimum atomic E-state index is -0.711. The molecule has 2 aromatic rings. The van der Waals surface area contributed by atoms with Crippen LogP contribution in [0.4, 0.5) is 18.9 Å². The van der Waals surface area contributed by atoms with Gasteiger partial charge in [0.1, 0.15) is 22.5 Å². The molecule has 1 saturated heterocycles. The number of halogens is 3. The fourth-order valence-electron chi connectivity index (χ4n) is 3.53. The molecule has 31 heavy (non-hydrogen) atoms. The summed E-state index contributed by atoms with van der Waals surface area (Å²) in [5.74, 6) is -2.24. The highest BCUT2D eigenvalue weighted by molar-refractivity contribution is 8.16. The Bertz CT molecular complexity index is 1050. The molecule has 0 bridgehead atoms. The monoisotopic (exact) mass is 446 g/mol. The lowest BCUT2D eigenvalue weighted by Gasteiger charge is -2.33. The molecule has 1 fully saturated rings. The van der Waals surface area contributed by atoms with Gasteiger partial charge in [-0.2, -0.15) is 0 Å². The number of rotatable bonds is 4. The lowest BCUT2D eigenvalue weighted by molar-refractivity contribution is -0.113. The van der Waals surface area contributed by atoms with E-state index in [1.165, 1.54) is 23.9 Å². The van der Waals surface area contributed by atoms with Gasteiger partial charge in [-0.1, -0.05) is 11.8 Å². The first-order chi connectivity index (χ1) is 14.8. The highest BCUT2D eigenvalue weighted by Gasteiger charge is 2.39. The largest absolute Gasteiger partial charge is 0.323 e. The Kier molecular flexibility index (Phi) is 6.15. The van der Waals surface area contributed by atoms with Crippen molar-refractivity contribution in [2.24, 2.45) is 9.98 Å². The Labute approximate surface area is 182 Å². The average Bonchev–Trinajstić information content (AvgIpc) is 3.10. The normalized spacial score (nSPS) is 18.1. The molecule has 2 aliphatic heterocycles. The first kappa shape index (κ1) is 21.6. The molecule has 0 unspecified atom stereocenters. The van der Waals surface area contributed by atoms with Crippen LogP contribution in [0.25, 0.3) is 0 Å². The highest BCUT2D eigenvalue weighted by Crippen LogP contribution is 2.35. The van der Waals surface area contributed by atoms with Crippen LogP contribution in [0.2, 0.25) is 0 Å². The molecule has 0 radical (unpaired) electrons. The van der Waals surface area contributed by atoms with Gasteiger partial charge in [-0.05, 0) is 43.4 Å². The van der Waals surface area contributed by atoms with Gasteiger partial charge in [0, 0.05) is 37.6 Å². The molecule has 1 N–H and O–H groups in total. The molecular formula is C22H21F3N4OS. The first-order valence-corrected chi connectivity index (χ1v) is 10.8. The number of carbonyl (C=O) groups excluding carboxylic acids is 1.